The maximum Gasteiger partial charge on any atom is 0.349 e. The van der Waals surface area contributed by atoms with Crippen LogP contribution in [0, 0.1) is 0 Å². The third-order valence-corrected chi connectivity index (χ3v) is 2.12. The van der Waals surface area contributed by atoms with Crippen LogP contribution in [-0.4, -0.2) is 41.2 Å². The van der Waals surface area contributed by atoms with Gasteiger partial charge in [-0.3, -0.25) is 0 Å². The summed E-state index contributed by atoms with van der Waals surface area (Å²) in [5, 5.41) is 7.89. The zero-order chi connectivity index (χ0) is 15.8. The van der Waals surface area contributed by atoms with Crippen LogP contribution in [-0.2, 0) is 4.79 Å². The summed E-state index contributed by atoms with van der Waals surface area (Å²) >= 11 is 0. The molecule has 1 aliphatic rings. The molecule has 1 N–H and O–H groups in total. The van der Waals surface area contributed by atoms with Crippen LogP contribution in [0.1, 0.15) is 6.92 Å². The second-order valence-electron chi connectivity index (χ2n) is 3.73. The molecule has 112 valence electrons. The molecular weight excluding hydrogens is 292 g/mol. The average Bonchev–Trinajstić information content (AvgIpc) is 2.32. The number of alkyl halides is 8. The van der Waals surface area contributed by atoms with Crippen LogP contribution in [0.4, 0.5) is 35.1 Å². The molecule has 1 rings (SSSR count). The molecule has 0 aliphatic heterocycles. The summed E-state index contributed by atoms with van der Waals surface area (Å²) in [5.74, 6) is -17.6. The number of rotatable bonds is 1. The van der Waals surface area contributed by atoms with Gasteiger partial charge >= 0.3 is 23.7 Å². The molecule has 0 aromatic heterocycles. The van der Waals surface area contributed by atoms with E-state index in [2.05, 4.69) is 6.58 Å². The van der Waals surface area contributed by atoms with Crippen LogP contribution in [0.5, 0.6) is 0 Å². The summed E-state index contributed by atoms with van der Waals surface area (Å²) in [5.41, 5.74) is 0.176. The van der Waals surface area contributed by atoms with E-state index in [1.54, 1.807) is 0 Å². The quantitative estimate of drug-likeness (QED) is 0.596. The monoisotopic (exact) mass is 300 g/mol. The Morgan fingerprint density at radius 3 is 1.26 bits per heavy atom. The maximum atomic E-state index is 12.0. The number of hydrogen-bond acceptors (Lipinski definition) is 1. The SMILES string of the molecule is C=C(C)C(=O)O.FC1C(F)(F)C(F)C(F)(F)C1(F)F. The minimum atomic E-state index is -5.67. The molecule has 19 heavy (non-hydrogen) atoms. The van der Waals surface area contributed by atoms with Gasteiger partial charge < -0.3 is 5.11 Å². The zero-order valence-electron chi connectivity index (χ0n) is 9.24. The molecule has 2 atom stereocenters. The first-order valence-electron chi connectivity index (χ1n) is 4.51. The van der Waals surface area contributed by atoms with Gasteiger partial charge in [-0.05, 0) is 6.92 Å². The van der Waals surface area contributed by atoms with Crippen LogP contribution in [0.15, 0.2) is 12.2 Å². The largest absolute Gasteiger partial charge is 0.478 e. The van der Waals surface area contributed by atoms with Crippen LogP contribution in [0.25, 0.3) is 0 Å². The van der Waals surface area contributed by atoms with Crippen molar-refractivity contribution in [1.82, 2.24) is 0 Å². The first-order chi connectivity index (χ1) is 8.20. The van der Waals surface area contributed by atoms with E-state index in [1.807, 2.05) is 0 Å². The highest BCUT2D eigenvalue weighted by atomic mass is 19.3. The predicted octanol–water partition coefficient (Wildman–Crippen LogP) is 3.23. The van der Waals surface area contributed by atoms with Crippen LogP contribution < -0.4 is 0 Å². The highest BCUT2D eigenvalue weighted by Gasteiger charge is 2.85. The van der Waals surface area contributed by atoms with E-state index in [4.69, 9.17) is 5.11 Å². The summed E-state index contributed by atoms with van der Waals surface area (Å²) in [4.78, 5) is 9.60. The molecular formula is C9H8F8O2. The van der Waals surface area contributed by atoms with Gasteiger partial charge in [0.25, 0.3) is 0 Å². The Bertz CT molecular complexity index is 344. The number of carboxylic acids is 1. The van der Waals surface area contributed by atoms with E-state index >= 15 is 0 Å². The second kappa shape index (κ2) is 4.97. The standard InChI is InChI=1S/C5H2F8.C4H6O2/c6-1-3(8,9)2(7)5(12,13)4(1,10)11;1-3(2)4(5)6/h1-2H;1H2,2H3,(H,5,6). The Hall–Kier alpha value is -1.35. The summed E-state index contributed by atoms with van der Waals surface area (Å²) in [6.07, 6.45) is -8.99. The fraction of sp³-hybridized carbons (Fsp3) is 0.667. The molecule has 2 nitrogen and oxygen atoms in total. The van der Waals surface area contributed by atoms with Crippen molar-refractivity contribution >= 4 is 5.97 Å². The van der Waals surface area contributed by atoms with E-state index in [1.165, 1.54) is 6.92 Å². The molecule has 10 heteroatoms. The Morgan fingerprint density at radius 1 is 1.00 bits per heavy atom. The zero-order valence-corrected chi connectivity index (χ0v) is 9.24. The van der Waals surface area contributed by atoms with Gasteiger partial charge in [0.1, 0.15) is 0 Å². The lowest BCUT2D eigenvalue weighted by Crippen LogP contribution is -2.44. The van der Waals surface area contributed by atoms with Crippen molar-refractivity contribution in [3.63, 3.8) is 0 Å². The predicted molar refractivity (Wildman–Crippen MR) is 47.1 cm³/mol. The Balaban J connectivity index is 0.000000459. The van der Waals surface area contributed by atoms with Gasteiger partial charge in [0.05, 0.1) is 0 Å². The minimum absolute atomic E-state index is 0.176. The fourth-order valence-electron chi connectivity index (χ4n) is 0.950. The molecule has 0 saturated heterocycles. The molecule has 0 radical (unpaired) electrons. The Labute approximate surface area is 101 Å². The molecule has 0 spiro atoms. The lowest BCUT2D eigenvalue weighted by molar-refractivity contribution is -0.223. The van der Waals surface area contributed by atoms with Gasteiger partial charge in [0.15, 0.2) is 0 Å². The first-order valence-corrected chi connectivity index (χ1v) is 4.51. The molecule has 2 unspecified atom stereocenters. The highest BCUT2D eigenvalue weighted by Crippen LogP contribution is 2.57. The lowest BCUT2D eigenvalue weighted by Gasteiger charge is -2.18. The molecule has 0 amide bonds. The summed E-state index contributed by atoms with van der Waals surface area (Å²) < 4.78 is 96.1. The number of halogens is 8. The third-order valence-electron chi connectivity index (χ3n) is 2.12. The van der Waals surface area contributed by atoms with E-state index in [-0.39, 0.29) is 5.57 Å². The van der Waals surface area contributed by atoms with Crippen LogP contribution in [0.2, 0.25) is 0 Å². The van der Waals surface area contributed by atoms with E-state index in [0.29, 0.717) is 0 Å². The van der Waals surface area contributed by atoms with Gasteiger partial charge in [0, 0.05) is 5.57 Å². The average molecular weight is 300 g/mol. The third kappa shape index (κ3) is 2.81. The number of hydrogen-bond donors (Lipinski definition) is 1. The minimum Gasteiger partial charge on any atom is -0.478 e. The molecule has 1 aliphatic carbocycles. The van der Waals surface area contributed by atoms with E-state index < -0.39 is 36.1 Å². The fourth-order valence-corrected chi connectivity index (χ4v) is 0.950. The van der Waals surface area contributed by atoms with Crippen molar-refractivity contribution in [2.24, 2.45) is 0 Å². The normalized spacial score (nSPS) is 30.2. The van der Waals surface area contributed by atoms with Gasteiger partial charge in [-0.2, -0.15) is 26.3 Å². The van der Waals surface area contributed by atoms with Crippen LogP contribution in [0.3, 0.4) is 0 Å². The Morgan fingerprint density at radius 2 is 1.21 bits per heavy atom. The summed E-state index contributed by atoms with van der Waals surface area (Å²) in [7, 11) is 0. The Kier molecular flexibility index (Phi) is 4.62. The van der Waals surface area contributed by atoms with Crippen LogP contribution >= 0.6 is 0 Å². The van der Waals surface area contributed by atoms with Gasteiger partial charge in [-0.1, -0.05) is 6.58 Å². The van der Waals surface area contributed by atoms with Crippen molar-refractivity contribution in [2.45, 2.75) is 37.0 Å². The van der Waals surface area contributed by atoms with Gasteiger partial charge in [-0.25, -0.2) is 13.6 Å². The van der Waals surface area contributed by atoms with Crippen molar-refractivity contribution in [2.75, 3.05) is 0 Å². The number of aliphatic carboxylic acids is 1. The lowest BCUT2D eigenvalue weighted by atomic mass is 10.2. The summed E-state index contributed by atoms with van der Waals surface area (Å²) in [6.45, 7) is 4.60. The molecule has 1 saturated carbocycles. The first kappa shape index (κ1) is 17.6. The molecule has 1 fully saturated rings. The molecule has 0 bridgehead atoms. The van der Waals surface area contributed by atoms with Crippen molar-refractivity contribution in [3.8, 4) is 0 Å². The van der Waals surface area contributed by atoms with Crippen molar-refractivity contribution in [1.29, 1.82) is 0 Å². The highest BCUT2D eigenvalue weighted by molar-refractivity contribution is 5.84. The summed E-state index contributed by atoms with van der Waals surface area (Å²) in [6, 6.07) is 0. The number of carbonyl (C=O) groups is 1. The smallest absolute Gasteiger partial charge is 0.349 e. The van der Waals surface area contributed by atoms with Gasteiger partial charge in [0.2, 0.25) is 12.3 Å². The van der Waals surface area contributed by atoms with E-state index in [9.17, 15) is 39.9 Å². The van der Waals surface area contributed by atoms with E-state index in [0.717, 1.165) is 0 Å². The molecule has 0 aromatic carbocycles. The number of carboxylic acid groups (broad SMARTS) is 1. The topological polar surface area (TPSA) is 37.3 Å². The molecule has 0 aromatic rings. The maximum absolute atomic E-state index is 12.0. The second-order valence-corrected chi connectivity index (χ2v) is 3.73. The molecule has 0 heterocycles. The van der Waals surface area contributed by atoms with Gasteiger partial charge in [-0.15, -0.1) is 0 Å². The van der Waals surface area contributed by atoms with Crippen molar-refractivity contribution in [3.05, 3.63) is 12.2 Å². The van der Waals surface area contributed by atoms with Crippen molar-refractivity contribution < 1.29 is 45.0 Å².